The molecule has 2 aromatic rings. The van der Waals surface area contributed by atoms with Crippen molar-refractivity contribution in [1.29, 1.82) is 0 Å². The van der Waals surface area contributed by atoms with Crippen LogP contribution in [0, 0.1) is 10.1 Å². The number of halogens is 1. The quantitative estimate of drug-likeness (QED) is 0.444. The van der Waals surface area contributed by atoms with Gasteiger partial charge in [-0.1, -0.05) is 16.8 Å². The molecule has 0 saturated heterocycles. The first-order chi connectivity index (χ1) is 12.9. The molecule has 2 aromatic carbocycles. The monoisotopic (exact) mass is 390 g/mol. The third kappa shape index (κ3) is 4.01. The fourth-order valence-electron chi connectivity index (χ4n) is 2.62. The number of nitro groups is 1. The third-order valence-electron chi connectivity index (χ3n) is 3.93. The van der Waals surface area contributed by atoms with E-state index in [1.165, 1.54) is 12.1 Å². The molecule has 140 valence electrons. The van der Waals surface area contributed by atoms with Gasteiger partial charge in [0.15, 0.2) is 0 Å². The largest absolute Gasteiger partial charge is 0.497 e. The highest BCUT2D eigenvalue weighted by atomic mass is 35.5. The molecule has 0 aromatic heterocycles. The van der Waals surface area contributed by atoms with E-state index in [4.69, 9.17) is 25.9 Å². The van der Waals surface area contributed by atoms with Gasteiger partial charge in [-0.2, -0.15) is 0 Å². The summed E-state index contributed by atoms with van der Waals surface area (Å²) in [5, 5.41) is 14.8. The van der Waals surface area contributed by atoms with Gasteiger partial charge in [-0.25, -0.2) is 4.79 Å². The molecule has 0 N–H and O–H groups in total. The highest BCUT2D eigenvalue weighted by molar-refractivity contribution is 6.32. The van der Waals surface area contributed by atoms with Crippen molar-refractivity contribution in [2.45, 2.75) is 19.4 Å². The van der Waals surface area contributed by atoms with E-state index in [9.17, 15) is 14.9 Å². The lowest BCUT2D eigenvalue weighted by molar-refractivity contribution is -0.384. The molecule has 0 radical (unpaired) electrons. The van der Waals surface area contributed by atoms with Crippen molar-refractivity contribution in [3.8, 4) is 11.5 Å². The molecule has 3 rings (SSSR count). The molecule has 1 atom stereocenters. The summed E-state index contributed by atoms with van der Waals surface area (Å²) in [5.74, 6) is 0.383. The molecule has 1 heterocycles. The lowest BCUT2D eigenvalue weighted by Crippen LogP contribution is -2.25. The number of carbonyl (C=O) groups excluding carboxylic acids is 1. The highest BCUT2D eigenvalue weighted by Crippen LogP contribution is 2.32. The maximum absolute atomic E-state index is 12.2. The number of carbonyl (C=O) groups is 1. The molecule has 1 aliphatic rings. The summed E-state index contributed by atoms with van der Waals surface area (Å²) in [7, 11) is 1.55. The lowest BCUT2D eigenvalue weighted by atomic mass is 10.0. The minimum absolute atomic E-state index is 0.0227. The number of nitrogens with zero attached hydrogens (tertiary/aromatic N) is 2. The van der Waals surface area contributed by atoms with Gasteiger partial charge < -0.3 is 14.3 Å². The smallest absolute Gasteiger partial charge is 0.365 e. The van der Waals surface area contributed by atoms with Crippen LogP contribution in [0.3, 0.4) is 0 Å². The number of oxime groups is 1. The standard InChI is InChI=1S/C18H15ClN2O6/c1-10-7-15(13-5-4-12(25-2)9-17(13)26-10)20-27-18(22)11-3-6-14(19)16(8-11)21(23)24/h3-6,8-10H,7H2,1-2H3/b20-15+/t10-/m0/s1. The average molecular weight is 391 g/mol. The Morgan fingerprint density at radius 1 is 1.33 bits per heavy atom. The number of benzene rings is 2. The molecule has 0 unspecified atom stereocenters. The Bertz CT molecular complexity index is 943. The van der Waals surface area contributed by atoms with Gasteiger partial charge >= 0.3 is 5.97 Å². The first-order valence-electron chi connectivity index (χ1n) is 7.96. The van der Waals surface area contributed by atoms with E-state index >= 15 is 0 Å². The van der Waals surface area contributed by atoms with E-state index in [0.717, 1.165) is 6.07 Å². The van der Waals surface area contributed by atoms with E-state index < -0.39 is 10.9 Å². The van der Waals surface area contributed by atoms with Crippen LogP contribution in [0.1, 0.15) is 29.3 Å². The number of methoxy groups -OCH3 is 1. The van der Waals surface area contributed by atoms with Gasteiger partial charge in [0.2, 0.25) is 0 Å². The molecule has 1 aliphatic heterocycles. The van der Waals surface area contributed by atoms with Gasteiger partial charge in [0, 0.05) is 24.1 Å². The maximum atomic E-state index is 12.2. The predicted octanol–water partition coefficient (Wildman–Crippen LogP) is 3.99. The van der Waals surface area contributed by atoms with Crippen LogP contribution in [-0.4, -0.2) is 29.8 Å². The van der Waals surface area contributed by atoms with Crippen LogP contribution in [0.4, 0.5) is 5.69 Å². The van der Waals surface area contributed by atoms with Crippen molar-refractivity contribution in [3.05, 3.63) is 62.7 Å². The molecule has 0 spiro atoms. The molecule has 0 aliphatic carbocycles. The van der Waals surface area contributed by atoms with Gasteiger partial charge in [-0.3, -0.25) is 10.1 Å². The molecule has 0 saturated carbocycles. The molecule has 9 heteroatoms. The van der Waals surface area contributed by atoms with Crippen LogP contribution in [0.25, 0.3) is 0 Å². The minimum atomic E-state index is -0.823. The van der Waals surface area contributed by atoms with Gasteiger partial charge in [-0.05, 0) is 31.2 Å². The summed E-state index contributed by atoms with van der Waals surface area (Å²) in [6.45, 7) is 1.86. The number of fused-ring (bicyclic) bond motifs is 1. The molecule has 27 heavy (non-hydrogen) atoms. The van der Waals surface area contributed by atoms with Crippen molar-refractivity contribution in [3.63, 3.8) is 0 Å². The number of hydrogen-bond acceptors (Lipinski definition) is 7. The second kappa shape index (κ2) is 7.63. The van der Waals surface area contributed by atoms with Gasteiger partial charge in [-0.15, -0.1) is 0 Å². The summed E-state index contributed by atoms with van der Waals surface area (Å²) in [5.41, 5.74) is 0.813. The summed E-state index contributed by atoms with van der Waals surface area (Å²) >= 11 is 5.75. The fourth-order valence-corrected chi connectivity index (χ4v) is 2.81. The summed E-state index contributed by atoms with van der Waals surface area (Å²) in [6.07, 6.45) is 0.270. The lowest BCUT2D eigenvalue weighted by Gasteiger charge is -2.24. The minimum Gasteiger partial charge on any atom is -0.497 e. The van der Waals surface area contributed by atoms with Crippen LogP contribution < -0.4 is 9.47 Å². The summed E-state index contributed by atoms with van der Waals surface area (Å²) in [6, 6.07) is 8.89. The normalized spacial score (nSPS) is 17.0. The molecule has 0 amide bonds. The Kier molecular flexibility index (Phi) is 5.27. The van der Waals surface area contributed by atoms with Crippen LogP contribution in [0.2, 0.25) is 5.02 Å². The fraction of sp³-hybridized carbons (Fsp3) is 0.222. The Balaban J connectivity index is 1.85. The Labute approximate surface area is 159 Å². The average Bonchev–Trinajstić information content (AvgIpc) is 2.65. The van der Waals surface area contributed by atoms with E-state index in [1.807, 2.05) is 6.92 Å². The zero-order chi connectivity index (χ0) is 19.6. The number of rotatable bonds is 4. The van der Waals surface area contributed by atoms with Crippen LogP contribution in [0.5, 0.6) is 11.5 Å². The number of hydrogen-bond donors (Lipinski definition) is 0. The van der Waals surface area contributed by atoms with E-state index in [1.54, 1.807) is 25.3 Å². The summed E-state index contributed by atoms with van der Waals surface area (Å²) in [4.78, 5) is 27.5. The highest BCUT2D eigenvalue weighted by Gasteiger charge is 2.24. The Morgan fingerprint density at radius 2 is 2.11 bits per heavy atom. The first kappa shape index (κ1) is 18.7. The molecule has 8 nitrogen and oxygen atoms in total. The van der Waals surface area contributed by atoms with E-state index in [0.29, 0.717) is 29.2 Å². The number of ether oxygens (including phenoxy) is 2. The van der Waals surface area contributed by atoms with Gasteiger partial charge in [0.1, 0.15) is 22.6 Å². The Morgan fingerprint density at radius 3 is 2.81 bits per heavy atom. The van der Waals surface area contributed by atoms with Crippen molar-refractivity contribution < 1.29 is 24.0 Å². The topological polar surface area (TPSA) is 100 Å². The summed E-state index contributed by atoms with van der Waals surface area (Å²) < 4.78 is 10.9. The van der Waals surface area contributed by atoms with Crippen molar-refractivity contribution in [2.75, 3.05) is 7.11 Å². The van der Waals surface area contributed by atoms with Crippen molar-refractivity contribution in [1.82, 2.24) is 0 Å². The van der Waals surface area contributed by atoms with Crippen molar-refractivity contribution in [2.24, 2.45) is 5.16 Å². The SMILES string of the molecule is COc1ccc2c(c1)O[C@@H](C)C/C2=N\OC(=O)c1ccc(Cl)c([N+](=O)[O-])c1. The first-order valence-corrected chi connectivity index (χ1v) is 8.34. The molecular formula is C18H15ClN2O6. The molecule has 0 fully saturated rings. The third-order valence-corrected chi connectivity index (χ3v) is 4.25. The Hall–Kier alpha value is -3.13. The van der Waals surface area contributed by atoms with E-state index in [-0.39, 0.29) is 22.4 Å². The van der Waals surface area contributed by atoms with Crippen molar-refractivity contribution >= 4 is 29.0 Å². The maximum Gasteiger partial charge on any atom is 0.365 e. The molecule has 0 bridgehead atoms. The second-order valence-corrected chi connectivity index (χ2v) is 6.24. The zero-order valence-corrected chi connectivity index (χ0v) is 15.2. The van der Waals surface area contributed by atoms with Crippen LogP contribution >= 0.6 is 11.6 Å². The van der Waals surface area contributed by atoms with Crippen LogP contribution in [0.15, 0.2) is 41.6 Å². The van der Waals surface area contributed by atoms with E-state index in [2.05, 4.69) is 5.16 Å². The molecular weight excluding hydrogens is 376 g/mol. The van der Waals surface area contributed by atoms with Gasteiger partial charge in [0.05, 0.1) is 23.3 Å². The van der Waals surface area contributed by atoms with Crippen LogP contribution in [-0.2, 0) is 4.84 Å². The zero-order valence-electron chi connectivity index (χ0n) is 14.5. The van der Waals surface area contributed by atoms with Gasteiger partial charge in [0.25, 0.3) is 5.69 Å². The second-order valence-electron chi connectivity index (χ2n) is 5.83. The predicted molar refractivity (Wildman–Crippen MR) is 97.8 cm³/mol. The number of nitro benzene ring substituents is 1.